The van der Waals surface area contributed by atoms with Gasteiger partial charge in [-0.1, -0.05) is 0 Å². The van der Waals surface area contributed by atoms with Gasteiger partial charge >= 0.3 is 5.97 Å². The second kappa shape index (κ2) is 5.11. The summed E-state index contributed by atoms with van der Waals surface area (Å²) in [6, 6.07) is 2.78. The molecule has 0 bridgehead atoms. The Morgan fingerprint density at radius 1 is 1.35 bits per heavy atom. The van der Waals surface area contributed by atoms with Crippen LogP contribution in [0.4, 0.5) is 11.5 Å². The van der Waals surface area contributed by atoms with E-state index in [1.807, 2.05) is 0 Å². The molecule has 4 rings (SSSR count). The van der Waals surface area contributed by atoms with Crippen LogP contribution in [0, 0.1) is 31.6 Å². The van der Waals surface area contributed by atoms with Crippen LogP contribution in [0.25, 0.3) is 0 Å². The predicted molar refractivity (Wildman–Crippen MR) is 90.1 cm³/mol. The summed E-state index contributed by atoms with van der Waals surface area (Å²) in [5, 5.41) is 8.97. The largest absolute Gasteiger partial charge is 0.481 e. The molecule has 0 amide bonds. The number of rotatable bonds is 4. The Bertz CT molecular complexity index is 648. The molecule has 1 aromatic heterocycles. The normalized spacial score (nSPS) is 31.8. The second-order valence-electron chi connectivity index (χ2n) is 7.56. The number of hydrogen-bond acceptors (Lipinski definition) is 4. The molecule has 3 unspecified atom stereocenters. The van der Waals surface area contributed by atoms with Crippen LogP contribution in [0.3, 0.4) is 0 Å². The lowest BCUT2D eigenvalue weighted by atomic mass is 10.0. The van der Waals surface area contributed by atoms with E-state index in [1.165, 1.54) is 17.7 Å². The maximum absolute atomic E-state index is 10.9. The SMILES string of the molecule is Cc1cc(N2CC3C(CC(=O)O)C3C2)c(C)c(N2CCC2C)n1. The number of aliphatic carboxylic acids is 1. The van der Waals surface area contributed by atoms with Crippen molar-refractivity contribution in [1.82, 2.24) is 4.98 Å². The number of carboxylic acid groups (broad SMARTS) is 1. The fourth-order valence-electron chi connectivity index (χ4n) is 4.49. The van der Waals surface area contributed by atoms with E-state index in [-0.39, 0.29) is 0 Å². The van der Waals surface area contributed by atoms with Gasteiger partial charge in [0.1, 0.15) is 5.82 Å². The highest BCUT2D eigenvalue weighted by molar-refractivity contribution is 5.69. The van der Waals surface area contributed by atoms with Gasteiger partial charge in [-0.2, -0.15) is 0 Å². The number of aryl methyl sites for hydroxylation is 1. The molecule has 1 aromatic rings. The molecule has 23 heavy (non-hydrogen) atoms. The third-order valence-corrected chi connectivity index (χ3v) is 6.06. The van der Waals surface area contributed by atoms with Gasteiger partial charge in [0.15, 0.2) is 0 Å². The Labute approximate surface area is 137 Å². The minimum atomic E-state index is -0.652. The number of aromatic nitrogens is 1. The van der Waals surface area contributed by atoms with Gasteiger partial charge in [0, 0.05) is 49.0 Å². The second-order valence-corrected chi connectivity index (χ2v) is 7.56. The van der Waals surface area contributed by atoms with Crippen LogP contribution in [-0.2, 0) is 4.79 Å². The molecule has 3 heterocycles. The fraction of sp³-hybridized carbons (Fsp3) is 0.667. The number of nitrogens with zero attached hydrogens (tertiary/aromatic N) is 3. The number of carbonyl (C=O) groups is 1. The molecule has 0 radical (unpaired) electrons. The molecule has 0 spiro atoms. The first-order valence-corrected chi connectivity index (χ1v) is 8.67. The highest BCUT2D eigenvalue weighted by Crippen LogP contribution is 2.54. The molecule has 124 valence electrons. The molecule has 2 saturated heterocycles. The summed E-state index contributed by atoms with van der Waals surface area (Å²) in [7, 11) is 0. The highest BCUT2D eigenvalue weighted by atomic mass is 16.4. The van der Waals surface area contributed by atoms with Crippen molar-refractivity contribution < 1.29 is 9.90 Å². The lowest BCUT2D eigenvalue weighted by Crippen LogP contribution is -2.46. The highest BCUT2D eigenvalue weighted by Gasteiger charge is 2.56. The van der Waals surface area contributed by atoms with Crippen LogP contribution in [0.15, 0.2) is 6.07 Å². The lowest BCUT2D eigenvalue weighted by Gasteiger charge is -2.41. The summed E-state index contributed by atoms with van der Waals surface area (Å²) in [5.41, 5.74) is 3.65. The molecule has 0 aromatic carbocycles. The van der Waals surface area contributed by atoms with E-state index in [9.17, 15) is 4.79 Å². The maximum Gasteiger partial charge on any atom is 0.303 e. The van der Waals surface area contributed by atoms with Gasteiger partial charge in [0.25, 0.3) is 0 Å². The van der Waals surface area contributed by atoms with Crippen molar-refractivity contribution in [2.45, 2.75) is 39.7 Å². The first kappa shape index (κ1) is 14.8. The molecule has 1 aliphatic carbocycles. The van der Waals surface area contributed by atoms with Crippen LogP contribution in [-0.4, -0.2) is 41.7 Å². The van der Waals surface area contributed by atoms with Crippen LogP contribution in [0.1, 0.15) is 31.0 Å². The van der Waals surface area contributed by atoms with Crippen molar-refractivity contribution in [2.75, 3.05) is 29.4 Å². The molecule has 5 heteroatoms. The van der Waals surface area contributed by atoms with E-state index in [2.05, 4.69) is 36.6 Å². The first-order valence-electron chi connectivity index (χ1n) is 8.67. The monoisotopic (exact) mass is 315 g/mol. The van der Waals surface area contributed by atoms with Gasteiger partial charge in [-0.25, -0.2) is 4.98 Å². The molecule has 1 saturated carbocycles. The number of carboxylic acids is 1. The van der Waals surface area contributed by atoms with Gasteiger partial charge < -0.3 is 14.9 Å². The summed E-state index contributed by atoms with van der Waals surface area (Å²) < 4.78 is 0. The third-order valence-electron chi connectivity index (χ3n) is 6.06. The standard InChI is InChI=1S/C18H25N3O2/c1-10-6-16(12(3)18(19-10)21-5-4-11(21)2)20-8-14-13(7-17(22)23)15(14)9-20/h6,11,13-15H,4-5,7-9H2,1-3H3,(H,22,23). The Balaban J connectivity index is 1.53. The third kappa shape index (κ3) is 2.37. The Morgan fingerprint density at radius 3 is 2.57 bits per heavy atom. The molecule has 2 aliphatic heterocycles. The number of hydrogen-bond donors (Lipinski definition) is 1. The van der Waals surface area contributed by atoms with Gasteiger partial charge in [0.2, 0.25) is 0 Å². The summed E-state index contributed by atoms with van der Waals surface area (Å²) in [4.78, 5) is 20.5. The predicted octanol–water partition coefficient (Wildman–Crippen LogP) is 2.45. The molecule has 3 atom stereocenters. The van der Waals surface area contributed by atoms with Crippen LogP contribution in [0.2, 0.25) is 0 Å². The van der Waals surface area contributed by atoms with Crippen molar-refractivity contribution in [2.24, 2.45) is 17.8 Å². The molecular weight excluding hydrogens is 290 g/mol. The van der Waals surface area contributed by atoms with Crippen molar-refractivity contribution in [1.29, 1.82) is 0 Å². The maximum atomic E-state index is 10.9. The minimum absolute atomic E-state index is 0.341. The van der Waals surface area contributed by atoms with E-state index in [0.29, 0.717) is 30.2 Å². The smallest absolute Gasteiger partial charge is 0.303 e. The van der Waals surface area contributed by atoms with Crippen molar-refractivity contribution in [3.63, 3.8) is 0 Å². The number of pyridine rings is 1. The van der Waals surface area contributed by atoms with Crippen LogP contribution < -0.4 is 9.80 Å². The van der Waals surface area contributed by atoms with E-state index in [4.69, 9.17) is 10.1 Å². The quantitative estimate of drug-likeness (QED) is 0.925. The van der Waals surface area contributed by atoms with Crippen LogP contribution >= 0.6 is 0 Å². The minimum Gasteiger partial charge on any atom is -0.481 e. The summed E-state index contributed by atoms with van der Waals surface area (Å²) in [6.07, 6.45) is 1.59. The summed E-state index contributed by atoms with van der Waals surface area (Å²) in [5.74, 6) is 2.04. The first-order chi connectivity index (χ1) is 11.0. The number of anilines is 2. The zero-order chi connectivity index (χ0) is 16.3. The Kier molecular flexibility index (Phi) is 3.29. The molecular formula is C18H25N3O2. The molecule has 3 fully saturated rings. The van der Waals surface area contributed by atoms with E-state index in [1.54, 1.807) is 0 Å². The summed E-state index contributed by atoms with van der Waals surface area (Å²) >= 11 is 0. The zero-order valence-electron chi connectivity index (χ0n) is 14.1. The van der Waals surface area contributed by atoms with Crippen molar-refractivity contribution >= 4 is 17.5 Å². The topological polar surface area (TPSA) is 56.7 Å². The zero-order valence-corrected chi connectivity index (χ0v) is 14.1. The van der Waals surface area contributed by atoms with Crippen molar-refractivity contribution in [3.8, 4) is 0 Å². The van der Waals surface area contributed by atoms with E-state index >= 15 is 0 Å². The molecule has 1 N–H and O–H groups in total. The van der Waals surface area contributed by atoms with E-state index < -0.39 is 5.97 Å². The Morgan fingerprint density at radius 2 is 2.04 bits per heavy atom. The fourth-order valence-corrected chi connectivity index (χ4v) is 4.49. The number of fused-ring (bicyclic) bond motifs is 1. The van der Waals surface area contributed by atoms with Gasteiger partial charge in [-0.15, -0.1) is 0 Å². The Hall–Kier alpha value is -1.78. The van der Waals surface area contributed by atoms with Gasteiger partial charge in [-0.3, -0.25) is 4.79 Å². The van der Waals surface area contributed by atoms with E-state index in [0.717, 1.165) is 31.1 Å². The van der Waals surface area contributed by atoms with Gasteiger partial charge in [-0.05, 0) is 51.0 Å². The van der Waals surface area contributed by atoms with Crippen molar-refractivity contribution in [3.05, 3.63) is 17.3 Å². The lowest BCUT2D eigenvalue weighted by molar-refractivity contribution is -0.137. The molecule has 3 aliphatic rings. The summed E-state index contributed by atoms with van der Waals surface area (Å²) in [6.45, 7) is 9.61. The number of piperidine rings is 1. The van der Waals surface area contributed by atoms with Crippen LogP contribution in [0.5, 0.6) is 0 Å². The molecule has 5 nitrogen and oxygen atoms in total. The van der Waals surface area contributed by atoms with Gasteiger partial charge in [0.05, 0.1) is 0 Å². The average molecular weight is 315 g/mol. The average Bonchev–Trinajstić information content (AvgIpc) is 2.93.